The van der Waals surface area contributed by atoms with Crippen LogP contribution in [0.4, 0.5) is 5.69 Å². The smallest absolute Gasteiger partial charge is 0.254 e. The van der Waals surface area contributed by atoms with E-state index in [9.17, 15) is 9.59 Å². The van der Waals surface area contributed by atoms with Crippen molar-refractivity contribution >= 4 is 40.9 Å². The first kappa shape index (κ1) is 21.5. The molecule has 0 spiro atoms. The largest absolute Gasteiger partial charge is 0.495 e. The lowest BCUT2D eigenvalue weighted by Crippen LogP contribution is -2.47. The Morgan fingerprint density at radius 2 is 1.79 bits per heavy atom. The highest BCUT2D eigenvalue weighted by Gasteiger charge is 2.21. The Labute approximate surface area is 180 Å². The molecular formula is C21H24ClN3O3S. The lowest BCUT2D eigenvalue weighted by atomic mass is 10.1. The van der Waals surface area contributed by atoms with Gasteiger partial charge >= 0.3 is 0 Å². The van der Waals surface area contributed by atoms with Crippen LogP contribution in [0.5, 0.6) is 5.75 Å². The number of hydrogen-bond donors (Lipinski definition) is 1. The first-order valence-corrected chi connectivity index (χ1v) is 10.7. The summed E-state index contributed by atoms with van der Waals surface area (Å²) in [6.45, 7) is 3.10. The van der Waals surface area contributed by atoms with Gasteiger partial charge in [-0.1, -0.05) is 11.6 Å². The van der Waals surface area contributed by atoms with Gasteiger partial charge in [0.15, 0.2) is 0 Å². The molecule has 0 radical (unpaired) electrons. The summed E-state index contributed by atoms with van der Waals surface area (Å²) >= 11 is 7.29. The van der Waals surface area contributed by atoms with Gasteiger partial charge in [0.2, 0.25) is 5.91 Å². The topological polar surface area (TPSA) is 61.9 Å². The first-order chi connectivity index (χ1) is 14.0. The van der Waals surface area contributed by atoms with E-state index < -0.39 is 0 Å². The Morgan fingerprint density at radius 3 is 2.45 bits per heavy atom. The number of methoxy groups -OCH3 is 1. The minimum absolute atomic E-state index is 0.0354. The molecule has 8 heteroatoms. The number of rotatable bonds is 6. The molecule has 1 fully saturated rings. The van der Waals surface area contributed by atoms with Crippen molar-refractivity contribution in [2.75, 3.05) is 51.4 Å². The number of thioether (sulfide) groups is 1. The van der Waals surface area contributed by atoms with Gasteiger partial charge in [0.1, 0.15) is 5.75 Å². The molecule has 2 aromatic rings. The molecule has 1 N–H and O–H groups in total. The van der Waals surface area contributed by atoms with Crippen molar-refractivity contribution in [3.05, 3.63) is 53.1 Å². The molecule has 0 aromatic heterocycles. The molecule has 1 heterocycles. The fraction of sp³-hybridized carbons (Fsp3) is 0.333. The van der Waals surface area contributed by atoms with Crippen LogP contribution in [0.1, 0.15) is 10.4 Å². The lowest BCUT2D eigenvalue weighted by Gasteiger charge is -2.32. The number of hydrogen-bond acceptors (Lipinski definition) is 5. The number of nitrogens with one attached hydrogen (secondary N) is 1. The van der Waals surface area contributed by atoms with E-state index in [2.05, 4.69) is 10.2 Å². The summed E-state index contributed by atoms with van der Waals surface area (Å²) in [5.41, 5.74) is 1.03. The molecule has 29 heavy (non-hydrogen) atoms. The zero-order chi connectivity index (χ0) is 20.8. The Morgan fingerprint density at radius 1 is 1.10 bits per heavy atom. The van der Waals surface area contributed by atoms with Gasteiger partial charge in [0.25, 0.3) is 5.91 Å². The summed E-state index contributed by atoms with van der Waals surface area (Å²) in [7, 11) is 3.58. The molecule has 2 aromatic carbocycles. The van der Waals surface area contributed by atoms with Gasteiger partial charge in [0, 0.05) is 41.7 Å². The first-order valence-electron chi connectivity index (χ1n) is 9.30. The number of carbonyl (C=O) groups excluding carboxylic acids is 2. The molecule has 0 unspecified atom stereocenters. The molecule has 3 rings (SSSR count). The van der Waals surface area contributed by atoms with Gasteiger partial charge in [-0.3, -0.25) is 9.59 Å². The highest BCUT2D eigenvalue weighted by molar-refractivity contribution is 8.00. The average molecular weight is 434 g/mol. The monoisotopic (exact) mass is 433 g/mol. The van der Waals surface area contributed by atoms with E-state index in [-0.39, 0.29) is 17.6 Å². The maximum Gasteiger partial charge on any atom is 0.254 e. The second-order valence-corrected chi connectivity index (χ2v) is 8.29. The normalized spacial score (nSPS) is 14.5. The molecular weight excluding hydrogens is 410 g/mol. The molecule has 0 saturated carbocycles. The van der Waals surface area contributed by atoms with Crippen LogP contribution in [0, 0.1) is 0 Å². The number of nitrogens with zero attached hydrogens (tertiary/aromatic N) is 2. The summed E-state index contributed by atoms with van der Waals surface area (Å²) in [6.07, 6.45) is 0. The van der Waals surface area contributed by atoms with E-state index in [0.717, 1.165) is 18.0 Å². The number of halogens is 1. The van der Waals surface area contributed by atoms with Crippen molar-refractivity contribution in [2.45, 2.75) is 4.90 Å². The Bertz CT molecular complexity index is 868. The van der Waals surface area contributed by atoms with Gasteiger partial charge in [-0.2, -0.15) is 0 Å². The summed E-state index contributed by atoms with van der Waals surface area (Å²) in [5.74, 6) is 0.547. The maximum absolute atomic E-state index is 12.8. The highest BCUT2D eigenvalue weighted by atomic mass is 35.5. The van der Waals surface area contributed by atoms with Gasteiger partial charge in [-0.15, -0.1) is 11.8 Å². The van der Waals surface area contributed by atoms with Gasteiger partial charge in [-0.05, 0) is 49.5 Å². The van der Waals surface area contributed by atoms with Crippen LogP contribution in [0.3, 0.4) is 0 Å². The maximum atomic E-state index is 12.8. The lowest BCUT2D eigenvalue weighted by molar-refractivity contribution is -0.113. The molecule has 0 bridgehead atoms. The molecule has 154 valence electrons. The van der Waals surface area contributed by atoms with Crippen LogP contribution in [0.25, 0.3) is 0 Å². The zero-order valence-corrected chi connectivity index (χ0v) is 18.1. The quantitative estimate of drug-likeness (QED) is 0.707. The van der Waals surface area contributed by atoms with Crippen molar-refractivity contribution in [3.63, 3.8) is 0 Å². The number of carbonyl (C=O) groups is 2. The van der Waals surface area contributed by atoms with Gasteiger partial charge < -0.3 is 19.9 Å². The third-order valence-electron chi connectivity index (χ3n) is 4.69. The standard InChI is InChI=1S/C21H24ClN3O3S/c1-24-9-11-25(12-10-24)21(27)15-3-8-19(28-2)18(13-15)23-20(26)14-29-17-6-4-16(22)5-7-17/h3-8,13H,9-12,14H2,1-2H3,(H,23,26). The number of piperazine rings is 1. The van der Waals surface area contributed by atoms with Crippen LogP contribution < -0.4 is 10.1 Å². The highest BCUT2D eigenvalue weighted by Crippen LogP contribution is 2.27. The Balaban J connectivity index is 1.65. The van der Waals surface area contributed by atoms with Crippen LogP contribution >= 0.6 is 23.4 Å². The molecule has 2 amide bonds. The summed E-state index contributed by atoms with van der Waals surface area (Å²) in [5, 5.41) is 3.52. The van der Waals surface area contributed by atoms with Crippen molar-refractivity contribution in [3.8, 4) is 5.75 Å². The Kier molecular flexibility index (Phi) is 7.41. The van der Waals surface area contributed by atoms with E-state index in [1.54, 1.807) is 30.3 Å². The van der Waals surface area contributed by atoms with Crippen LogP contribution in [-0.2, 0) is 4.79 Å². The van der Waals surface area contributed by atoms with E-state index >= 15 is 0 Å². The van der Waals surface area contributed by atoms with E-state index in [1.807, 2.05) is 24.1 Å². The zero-order valence-electron chi connectivity index (χ0n) is 16.5. The second kappa shape index (κ2) is 10.0. The SMILES string of the molecule is COc1ccc(C(=O)N2CCN(C)CC2)cc1NC(=O)CSc1ccc(Cl)cc1. The summed E-state index contributed by atoms with van der Waals surface area (Å²) in [4.78, 5) is 30.2. The summed E-state index contributed by atoms with van der Waals surface area (Å²) in [6, 6.07) is 12.5. The average Bonchev–Trinajstić information content (AvgIpc) is 2.73. The van der Waals surface area contributed by atoms with Crippen molar-refractivity contribution in [1.82, 2.24) is 9.80 Å². The van der Waals surface area contributed by atoms with Crippen LogP contribution in [0.15, 0.2) is 47.4 Å². The fourth-order valence-electron chi connectivity index (χ4n) is 3.00. The predicted octanol–water partition coefficient (Wildman–Crippen LogP) is 3.47. The van der Waals surface area contributed by atoms with E-state index in [1.165, 1.54) is 18.9 Å². The molecule has 0 aliphatic carbocycles. The predicted molar refractivity (Wildman–Crippen MR) is 117 cm³/mol. The summed E-state index contributed by atoms with van der Waals surface area (Å²) < 4.78 is 5.35. The van der Waals surface area contributed by atoms with Crippen molar-refractivity contribution in [2.24, 2.45) is 0 Å². The third kappa shape index (κ3) is 5.88. The molecule has 1 aliphatic heterocycles. The number of likely N-dealkylation sites (N-methyl/N-ethyl adjacent to an activating group) is 1. The number of amides is 2. The minimum atomic E-state index is -0.174. The third-order valence-corrected chi connectivity index (χ3v) is 5.96. The van der Waals surface area contributed by atoms with Gasteiger partial charge in [-0.25, -0.2) is 0 Å². The second-order valence-electron chi connectivity index (χ2n) is 6.80. The molecule has 1 saturated heterocycles. The van der Waals surface area contributed by atoms with Crippen molar-refractivity contribution < 1.29 is 14.3 Å². The van der Waals surface area contributed by atoms with E-state index in [0.29, 0.717) is 35.1 Å². The fourth-order valence-corrected chi connectivity index (χ4v) is 3.82. The number of benzene rings is 2. The van der Waals surface area contributed by atoms with Crippen LogP contribution in [0.2, 0.25) is 5.02 Å². The van der Waals surface area contributed by atoms with E-state index in [4.69, 9.17) is 16.3 Å². The van der Waals surface area contributed by atoms with Gasteiger partial charge in [0.05, 0.1) is 18.6 Å². The van der Waals surface area contributed by atoms with Crippen LogP contribution in [-0.4, -0.2) is 67.7 Å². The molecule has 6 nitrogen and oxygen atoms in total. The molecule has 0 atom stereocenters. The number of anilines is 1. The minimum Gasteiger partial charge on any atom is -0.495 e. The van der Waals surface area contributed by atoms with Crippen molar-refractivity contribution in [1.29, 1.82) is 0 Å². The Hall–Kier alpha value is -2.22. The number of ether oxygens (including phenoxy) is 1. The molecule has 1 aliphatic rings.